The molecule has 1 aliphatic heterocycles. The van der Waals surface area contributed by atoms with Crippen LogP contribution in [0.3, 0.4) is 0 Å². The molecule has 0 aromatic heterocycles. The summed E-state index contributed by atoms with van der Waals surface area (Å²) in [5.41, 5.74) is 1.16. The number of benzene rings is 2. The van der Waals surface area contributed by atoms with E-state index in [0.29, 0.717) is 16.5 Å². The van der Waals surface area contributed by atoms with Crippen molar-refractivity contribution in [3.63, 3.8) is 0 Å². The van der Waals surface area contributed by atoms with Crippen LogP contribution in [0.1, 0.15) is 26.3 Å². The number of ether oxygens (including phenoxy) is 1. The zero-order valence-corrected chi connectivity index (χ0v) is 16.6. The monoisotopic (exact) mass is 386 g/mol. The maximum absolute atomic E-state index is 13.3. The maximum atomic E-state index is 13.3. The molecule has 1 heterocycles. The van der Waals surface area contributed by atoms with Crippen molar-refractivity contribution in [2.24, 2.45) is 5.41 Å². The van der Waals surface area contributed by atoms with E-state index in [0.717, 1.165) is 17.7 Å². The largest absolute Gasteiger partial charge is 0.495 e. The lowest BCUT2D eigenvalue weighted by molar-refractivity contribution is -0.136. The Hall–Kier alpha value is -2.53. The number of methoxy groups -OCH3 is 1. The maximum Gasteiger partial charge on any atom is 0.242 e. The highest BCUT2D eigenvalue weighted by Crippen LogP contribution is 2.36. The van der Waals surface area contributed by atoms with Gasteiger partial charge in [-0.05, 0) is 57.0 Å². The van der Waals surface area contributed by atoms with Gasteiger partial charge in [-0.3, -0.25) is 9.59 Å². The van der Waals surface area contributed by atoms with Crippen LogP contribution >= 0.6 is 11.6 Å². The SMILES string of the molecule is COc1ccc(Cl)cc1NC(=O)C(C)(C)C(=O)N1c2ccccc2CC1C. The molecule has 3 rings (SSSR count). The van der Waals surface area contributed by atoms with Crippen LogP contribution in [0.25, 0.3) is 0 Å². The number of rotatable bonds is 4. The summed E-state index contributed by atoms with van der Waals surface area (Å²) in [6, 6.07) is 12.8. The van der Waals surface area contributed by atoms with Gasteiger partial charge in [-0.15, -0.1) is 0 Å². The Bertz CT molecular complexity index is 895. The second-order valence-corrected chi connectivity index (χ2v) is 7.72. The van der Waals surface area contributed by atoms with E-state index in [-0.39, 0.29) is 11.9 Å². The van der Waals surface area contributed by atoms with E-state index in [9.17, 15) is 9.59 Å². The first kappa shape index (κ1) is 19.2. The van der Waals surface area contributed by atoms with Crippen LogP contribution in [-0.4, -0.2) is 25.0 Å². The predicted molar refractivity (Wildman–Crippen MR) is 108 cm³/mol. The lowest BCUT2D eigenvalue weighted by Gasteiger charge is -2.31. The zero-order valence-electron chi connectivity index (χ0n) is 15.9. The van der Waals surface area contributed by atoms with Crippen LogP contribution in [0.4, 0.5) is 11.4 Å². The van der Waals surface area contributed by atoms with Gasteiger partial charge in [0.2, 0.25) is 11.8 Å². The Morgan fingerprint density at radius 3 is 2.63 bits per heavy atom. The lowest BCUT2D eigenvalue weighted by Crippen LogP contribution is -2.49. The number of hydrogen-bond donors (Lipinski definition) is 1. The van der Waals surface area contributed by atoms with Crippen LogP contribution in [0.2, 0.25) is 5.02 Å². The van der Waals surface area contributed by atoms with Gasteiger partial charge in [0.15, 0.2) is 0 Å². The van der Waals surface area contributed by atoms with E-state index in [2.05, 4.69) is 5.32 Å². The van der Waals surface area contributed by atoms with Crippen molar-refractivity contribution in [3.05, 3.63) is 53.1 Å². The third kappa shape index (κ3) is 3.52. The van der Waals surface area contributed by atoms with Gasteiger partial charge in [-0.25, -0.2) is 0 Å². The van der Waals surface area contributed by atoms with Gasteiger partial charge < -0.3 is 15.0 Å². The van der Waals surface area contributed by atoms with Crippen molar-refractivity contribution in [1.29, 1.82) is 0 Å². The second kappa shape index (κ2) is 7.24. The van der Waals surface area contributed by atoms with Crippen molar-refractivity contribution in [1.82, 2.24) is 0 Å². The minimum absolute atomic E-state index is 0.00248. The molecule has 6 heteroatoms. The number of amides is 2. The minimum Gasteiger partial charge on any atom is -0.495 e. The normalized spacial score (nSPS) is 16.0. The third-order valence-electron chi connectivity index (χ3n) is 4.94. The minimum atomic E-state index is -1.26. The summed E-state index contributed by atoms with van der Waals surface area (Å²) in [7, 11) is 1.51. The number of halogens is 1. The summed E-state index contributed by atoms with van der Waals surface area (Å²) in [5, 5.41) is 3.26. The standard InChI is InChI=1S/C21H23ClN2O3/c1-13-11-14-7-5-6-8-17(14)24(13)20(26)21(2,3)19(25)23-16-12-15(22)9-10-18(16)27-4/h5-10,12-13H,11H2,1-4H3,(H,23,25). The molecule has 2 aromatic carbocycles. The molecule has 1 unspecified atom stereocenters. The van der Waals surface area contributed by atoms with E-state index >= 15 is 0 Å². The van der Waals surface area contributed by atoms with Crippen LogP contribution < -0.4 is 15.0 Å². The highest BCUT2D eigenvalue weighted by atomic mass is 35.5. The van der Waals surface area contributed by atoms with Crippen molar-refractivity contribution in [3.8, 4) is 5.75 Å². The number of carbonyl (C=O) groups excluding carboxylic acids is 2. The molecule has 0 saturated carbocycles. The topological polar surface area (TPSA) is 58.6 Å². The molecular formula is C21H23ClN2O3. The van der Waals surface area contributed by atoms with E-state index in [1.54, 1.807) is 36.9 Å². The molecule has 0 radical (unpaired) electrons. The van der Waals surface area contributed by atoms with E-state index in [1.165, 1.54) is 7.11 Å². The average molecular weight is 387 g/mol. The van der Waals surface area contributed by atoms with Gasteiger partial charge >= 0.3 is 0 Å². The van der Waals surface area contributed by atoms with Crippen LogP contribution in [0, 0.1) is 5.41 Å². The first-order chi connectivity index (χ1) is 12.8. The summed E-state index contributed by atoms with van der Waals surface area (Å²) >= 11 is 6.03. The highest BCUT2D eigenvalue weighted by molar-refractivity contribution is 6.31. The molecule has 0 saturated heterocycles. The van der Waals surface area contributed by atoms with E-state index in [4.69, 9.17) is 16.3 Å². The fraction of sp³-hybridized carbons (Fsp3) is 0.333. The van der Waals surface area contributed by atoms with Gasteiger partial charge in [-0.2, -0.15) is 0 Å². The summed E-state index contributed by atoms with van der Waals surface area (Å²) in [6.07, 6.45) is 0.779. The molecule has 0 aliphatic carbocycles. The Balaban J connectivity index is 1.87. The summed E-state index contributed by atoms with van der Waals surface area (Å²) in [6.45, 7) is 5.26. The van der Waals surface area contributed by atoms with E-state index < -0.39 is 11.3 Å². The lowest BCUT2D eigenvalue weighted by atomic mass is 9.89. The molecule has 1 aliphatic rings. The van der Waals surface area contributed by atoms with Gasteiger partial charge in [0.05, 0.1) is 12.8 Å². The number of fused-ring (bicyclic) bond motifs is 1. The number of nitrogens with one attached hydrogen (secondary N) is 1. The van der Waals surface area contributed by atoms with Crippen molar-refractivity contribution >= 4 is 34.8 Å². The molecule has 2 aromatic rings. The zero-order chi connectivity index (χ0) is 19.8. The number of anilines is 2. The third-order valence-corrected chi connectivity index (χ3v) is 5.17. The molecule has 0 fully saturated rings. The molecular weight excluding hydrogens is 364 g/mol. The second-order valence-electron chi connectivity index (χ2n) is 7.28. The summed E-state index contributed by atoms with van der Waals surface area (Å²) in [4.78, 5) is 28.0. The van der Waals surface area contributed by atoms with Gasteiger partial charge in [0, 0.05) is 16.8 Å². The summed E-state index contributed by atoms with van der Waals surface area (Å²) < 4.78 is 5.27. The molecule has 0 spiro atoms. The molecule has 1 N–H and O–H groups in total. The van der Waals surface area contributed by atoms with Crippen LogP contribution in [0.5, 0.6) is 5.75 Å². The Labute approximate surface area is 164 Å². The first-order valence-corrected chi connectivity index (χ1v) is 9.20. The number of carbonyl (C=O) groups is 2. The van der Waals surface area contributed by atoms with Gasteiger partial charge in [-0.1, -0.05) is 29.8 Å². The van der Waals surface area contributed by atoms with E-state index in [1.807, 2.05) is 31.2 Å². The summed E-state index contributed by atoms with van der Waals surface area (Å²) in [5.74, 6) is -0.168. The number of hydrogen-bond acceptors (Lipinski definition) is 3. The molecule has 2 amide bonds. The van der Waals surface area contributed by atoms with Gasteiger partial charge in [0.1, 0.15) is 11.2 Å². The van der Waals surface area contributed by atoms with Crippen molar-refractivity contribution < 1.29 is 14.3 Å². The van der Waals surface area contributed by atoms with Crippen molar-refractivity contribution in [2.45, 2.75) is 33.2 Å². The number of para-hydroxylation sites is 1. The fourth-order valence-electron chi connectivity index (χ4n) is 3.33. The van der Waals surface area contributed by atoms with Crippen LogP contribution in [-0.2, 0) is 16.0 Å². The van der Waals surface area contributed by atoms with Crippen LogP contribution in [0.15, 0.2) is 42.5 Å². The number of nitrogens with zero attached hydrogens (tertiary/aromatic N) is 1. The Kier molecular flexibility index (Phi) is 5.16. The molecule has 0 bridgehead atoms. The quantitative estimate of drug-likeness (QED) is 0.797. The molecule has 142 valence electrons. The predicted octanol–water partition coefficient (Wildman–Crippen LogP) is 4.29. The first-order valence-electron chi connectivity index (χ1n) is 8.82. The Morgan fingerprint density at radius 2 is 1.93 bits per heavy atom. The fourth-order valence-corrected chi connectivity index (χ4v) is 3.50. The smallest absolute Gasteiger partial charge is 0.242 e. The van der Waals surface area contributed by atoms with Gasteiger partial charge in [0.25, 0.3) is 0 Å². The molecule has 27 heavy (non-hydrogen) atoms. The molecule has 5 nitrogen and oxygen atoms in total. The Morgan fingerprint density at radius 1 is 1.22 bits per heavy atom. The average Bonchev–Trinajstić information content (AvgIpc) is 2.96. The van der Waals surface area contributed by atoms with Crippen molar-refractivity contribution in [2.75, 3.05) is 17.3 Å². The highest BCUT2D eigenvalue weighted by Gasteiger charge is 2.43. The molecule has 1 atom stereocenters.